The second-order valence-corrected chi connectivity index (χ2v) is 4.80. The molecule has 1 rings (SSSR count). The van der Waals surface area contributed by atoms with Crippen molar-refractivity contribution in [3.63, 3.8) is 0 Å². The molecule has 9 heteroatoms. The number of anilines is 1. The Hall–Kier alpha value is -2.97. The van der Waals surface area contributed by atoms with Crippen LogP contribution in [0.1, 0.15) is 13.3 Å². The van der Waals surface area contributed by atoms with Crippen LogP contribution in [-0.4, -0.2) is 47.7 Å². The summed E-state index contributed by atoms with van der Waals surface area (Å²) in [5, 5.41) is 13.1. The average Bonchev–Trinajstić information content (AvgIpc) is 2.53. The number of carbonyl (C=O) groups excluding carboxylic acids is 3. The molecule has 0 heterocycles. The number of amides is 2. The van der Waals surface area contributed by atoms with Gasteiger partial charge in [-0.3, -0.25) is 19.7 Å². The first-order valence-corrected chi connectivity index (χ1v) is 6.97. The summed E-state index contributed by atoms with van der Waals surface area (Å²) >= 11 is 0. The first-order valence-electron chi connectivity index (χ1n) is 6.97. The Balaban J connectivity index is 2.57. The molecule has 0 aromatic heterocycles. The smallest absolute Gasteiger partial charge is 0.412 e. The van der Waals surface area contributed by atoms with Crippen molar-refractivity contribution in [2.24, 2.45) is 0 Å². The third-order valence-electron chi connectivity index (χ3n) is 2.89. The van der Waals surface area contributed by atoms with Gasteiger partial charge in [-0.05, 0) is 19.1 Å². The number of carboxylic acids is 1. The molecular formula is C15H17FN2O6. The summed E-state index contributed by atoms with van der Waals surface area (Å²) in [5.41, 5.74) is 0.450. The molecule has 0 fully saturated rings. The molecule has 2 amide bonds. The lowest BCUT2D eigenvalue weighted by molar-refractivity contribution is -0.141. The van der Waals surface area contributed by atoms with E-state index < -0.39 is 49.0 Å². The monoisotopic (exact) mass is 340 g/mol. The molecule has 0 spiro atoms. The molecule has 3 N–H and O–H groups in total. The first kappa shape index (κ1) is 19.1. The van der Waals surface area contributed by atoms with Gasteiger partial charge < -0.3 is 15.2 Å². The van der Waals surface area contributed by atoms with Gasteiger partial charge in [0.15, 0.2) is 11.9 Å². The van der Waals surface area contributed by atoms with Crippen molar-refractivity contribution in [3.8, 4) is 0 Å². The van der Waals surface area contributed by atoms with E-state index in [2.05, 4.69) is 10.6 Å². The van der Waals surface area contributed by atoms with Crippen LogP contribution in [0.4, 0.5) is 14.9 Å². The molecule has 1 aromatic rings. The van der Waals surface area contributed by atoms with Crippen molar-refractivity contribution in [3.05, 3.63) is 30.3 Å². The van der Waals surface area contributed by atoms with Gasteiger partial charge in [0.1, 0.15) is 12.7 Å². The van der Waals surface area contributed by atoms with E-state index in [1.807, 2.05) is 0 Å². The minimum atomic E-state index is -1.52. The fourth-order valence-corrected chi connectivity index (χ4v) is 1.69. The van der Waals surface area contributed by atoms with Gasteiger partial charge in [0.25, 0.3) is 5.91 Å². The summed E-state index contributed by atoms with van der Waals surface area (Å²) in [7, 11) is 0. The zero-order valence-electron chi connectivity index (χ0n) is 12.8. The topological polar surface area (TPSA) is 122 Å². The number of para-hydroxylation sites is 1. The highest BCUT2D eigenvalue weighted by molar-refractivity contribution is 5.94. The standard InChI is InChI=1S/C15H17FN2O6/c1-9(24-15(23)17-10-5-3-2-4-6-10)14(22)18-11(7-13(20)21)12(19)8-16/h2-6,9,11H,7-8H2,1H3,(H,17,23)(H,18,22)(H,20,21)/t9-,11?/m0/s1. The highest BCUT2D eigenvalue weighted by Crippen LogP contribution is 2.06. The van der Waals surface area contributed by atoms with E-state index in [1.165, 1.54) is 6.92 Å². The third-order valence-corrected chi connectivity index (χ3v) is 2.89. The fraction of sp³-hybridized carbons (Fsp3) is 0.333. The molecule has 1 aromatic carbocycles. The van der Waals surface area contributed by atoms with E-state index in [0.29, 0.717) is 5.69 Å². The Morgan fingerprint density at radius 2 is 1.83 bits per heavy atom. The predicted octanol–water partition coefficient (Wildman–Crippen LogP) is 1.12. The van der Waals surface area contributed by atoms with Crippen molar-refractivity contribution >= 4 is 29.4 Å². The number of alkyl halides is 1. The number of carboxylic acid groups (broad SMARTS) is 1. The maximum atomic E-state index is 12.4. The minimum Gasteiger partial charge on any atom is -0.481 e. The number of benzene rings is 1. The normalized spacial score (nSPS) is 12.6. The number of aliphatic carboxylic acids is 1. The summed E-state index contributed by atoms with van der Waals surface area (Å²) < 4.78 is 17.2. The van der Waals surface area contributed by atoms with Gasteiger partial charge >= 0.3 is 12.1 Å². The molecule has 0 aliphatic heterocycles. The zero-order valence-corrected chi connectivity index (χ0v) is 12.8. The molecule has 130 valence electrons. The maximum Gasteiger partial charge on any atom is 0.412 e. The molecule has 0 aliphatic carbocycles. The van der Waals surface area contributed by atoms with Crippen LogP contribution >= 0.6 is 0 Å². The molecule has 1 unspecified atom stereocenters. The summed E-state index contributed by atoms with van der Waals surface area (Å²) in [6.45, 7) is -0.181. The lowest BCUT2D eigenvalue weighted by atomic mass is 10.1. The fourth-order valence-electron chi connectivity index (χ4n) is 1.69. The lowest BCUT2D eigenvalue weighted by Gasteiger charge is -2.18. The van der Waals surface area contributed by atoms with Crippen LogP contribution in [0.5, 0.6) is 0 Å². The third kappa shape index (κ3) is 6.42. The second-order valence-electron chi connectivity index (χ2n) is 4.80. The minimum absolute atomic E-state index is 0.450. The number of halogens is 1. The van der Waals surface area contributed by atoms with Gasteiger partial charge in [0.05, 0.1) is 6.42 Å². The highest BCUT2D eigenvalue weighted by atomic mass is 19.1. The number of Topliss-reactive ketones (excluding diaryl/α,β-unsaturated/α-hetero) is 1. The van der Waals surface area contributed by atoms with Crippen LogP contribution in [0.3, 0.4) is 0 Å². The first-order chi connectivity index (χ1) is 11.3. The van der Waals surface area contributed by atoms with E-state index in [9.17, 15) is 23.6 Å². The highest BCUT2D eigenvalue weighted by Gasteiger charge is 2.27. The SMILES string of the molecule is C[C@H](OC(=O)Nc1ccccc1)C(=O)NC(CC(=O)O)C(=O)CF. The summed E-state index contributed by atoms with van der Waals surface area (Å²) in [5.74, 6) is -3.37. The van der Waals surface area contributed by atoms with Crippen molar-refractivity contribution in [1.82, 2.24) is 5.32 Å². The molecule has 0 radical (unpaired) electrons. The van der Waals surface area contributed by atoms with Gasteiger partial charge in [0, 0.05) is 5.69 Å². The van der Waals surface area contributed by atoms with E-state index in [4.69, 9.17) is 9.84 Å². The van der Waals surface area contributed by atoms with Crippen LogP contribution in [0, 0.1) is 0 Å². The molecule has 0 saturated carbocycles. The van der Waals surface area contributed by atoms with Gasteiger partial charge in [-0.25, -0.2) is 9.18 Å². The molecule has 0 saturated heterocycles. The van der Waals surface area contributed by atoms with E-state index in [0.717, 1.165) is 0 Å². The number of ketones is 1. The molecule has 2 atom stereocenters. The van der Waals surface area contributed by atoms with Crippen LogP contribution in [0.2, 0.25) is 0 Å². The molecule has 8 nitrogen and oxygen atoms in total. The number of hydrogen-bond acceptors (Lipinski definition) is 5. The number of nitrogens with one attached hydrogen (secondary N) is 2. The van der Waals surface area contributed by atoms with Gasteiger partial charge in [-0.2, -0.15) is 0 Å². The van der Waals surface area contributed by atoms with Crippen LogP contribution in [0.15, 0.2) is 30.3 Å². The van der Waals surface area contributed by atoms with Crippen molar-refractivity contribution < 1.29 is 33.4 Å². The summed E-state index contributed by atoms with van der Waals surface area (Å²) in [4.78, 5) is 45.4. The van der Waals surface area contributed by atoms with Crippen LogP contribution in [0.25, 0.3) is 0 Å². The number of carbonyl (C=O) groups is 4. The van der Waals surface area contributed by atoms with E-state index >= 15 is 0 Å². The Morgan fingerprint density at radius 1 is 1.21 bits per heavy atom. The average molecular weight is 340 g/mol. The molecule has 0 bridgehead atoms. The zero-order chi connectivity index (χ0) is 18.1. The van der Waals surface area contributed by atoms with Gasteiger partial charge in [-0.15, -0.1) is 0 Å². The largest absolute Gasteiger partial charge is 0.481 e. The lowest BCUT2D eigenvalue weighted by Crippen LogP contribution is -2.47. The quantitative estimate of drug-likeness (QED) is 0.652. The second kappa shape index (κ2) is 9.23. The van der Waals surface area contributed by atoms with Crippen molar-refractivity contribution in [1.29, 1.82) is 0 Å². The number of hydrogen-bond donors (Lipinski definition) is 3. The Kier molecular flexibility index (Phi) is 7.34. The number of ether oxygens (including phenoxy) is 1. The maximum absolute atomic E-state index is 12.4. The molecule has 24 heavy (non-hydrogen) atoms. The number of rotatable bonds is 8. The van der Waals surface area contributed by atoms with Crippen molar-refractivity contribution in [2.45, 2.75) is 25.5 Å². The van der Waals surface area contributed by atoms with Crippen LogP contribution < -0.4 is 10.6 Å². The predicted molar refractivity (Wildman–Crippen MR) is 81.2 cm³/mol. The summed E-state index contributed by atoms with van der Waals surface area (Å²) in [6.07, 6.45) is -2.98. The van der Waals surface area contributed by atoms with Crippen molar-refractivity contribution in [2.75, 3.05) is 12.0 Å². The van der Waals surface area contributed by atoms with E-state index in [1.54, 1.807) is 30.3 Å². The molecular weight excluding hydrogens is 323 g/mol. The van der Waals surface area contributed by atoms with Gasteiger partial charge in [-0.1, -0.05) is 18.2 Å². The molecule has 0 aliphatic rings. The summed E-state index contributed by atoms with van der Waals surface area (Å²) in [6, 6.07) is 6.80. The Morgan fingerprint density at radius 3 is 2.38 bits per heavy atom. The van der Waals surface area contributed by atoms with Crippen LogP contribution in [-0.2, 0) is 19.1 Å². The Bertz CT molecular complexity index is 607. The van der Waals surface area contributed by atoms with E-state index in [-0.39, 0.29) is 0 Å². The van der Waals surface area contributed by atoms with Gasteiger partial charge in [0.2, 0.25) is 0 Å². The Labute approximate surface area is 137 Å².